The maximum Gasteiger partial charge on any atom is 0.315 e. The van der Waals surface area contributed by atoms with Crippen molar-refractivity contribution in [1.82, 2.24) is 26.2 Å². The molecule has 0 aromatic heterocycles. The van der Waals surface area contributed by atoms with E-state index >= 15 is 0 Å². The first-order valence-corrected chi connectivity index (χ1v) is 20.3. The van der Waals surface area contributed by atoms with Gasteiger partial charge in [0.15, 0.2) is 0 Å². The summed E-state index contributed by atoms with van der Waals surface area (Å²) in [4.78, 5) is 98.7. The van der Waals surface area contributed by atoms with Gasteiger partial charge in [-0.2, -0.15) is 0 Å². The van der Waals surface area contributed by atoms with Gasteiger partial charge in [-0.1, -0.05) is 62.8 Å². The Labute approximate surface area is 331 Å². The highest BCUT2D eigenvalue weighted by atomic mass is 16.2. The van der Waals surface area contributed by atoms with E-state index in [1.54, 1.807) is 37.0 Å². The number of hydrogen-bond acceptors (Lipinski definition) is 9. The second-order valence-corrected chi connectivity index (χ2v) is 16.2. The van der Waals surface area contributed by atoms with Crippen LogP contribution in [0.25, 0.3) is 0 Å². The van der Waals surface area contributed by atoms with Gasteiger partial charge in [-0.05, 0) is 69.6 Å². The molecule has 1 heterocycles. The Bertz CT molecular complexity index is 1690. The third-order valence-electron chi connectivity index (χ3n) is 11.9. The Morgan fingerprint density at radius 2 is 1.45 bits per heavy atom. The molecule has 5 atom stereocenters. The molecule has 14 nitrogen and oxygen atoms in total. The van der Waals surface area contributed by atoms with Crippen LogP contribution in [0.2, 0.25) is 0 Å². The van der Waals surface area contributed by atoms with Crippen LogP contribution >= 0.6 is 0 Å². The number of carbonyl (C=O) groups is 5. The lowest BCUT2D eigenvalue weighted by Gasteiger charge is -2.37. The van der Waals surface area contributed by atoms with Gasteiger partial charge >= 0.3 is 6.03 Å². The molecule has 2 aliphatic carbocycles. The third kappa shape index (κ3) is 10.8. The van der Waals surface area contributed by atoms with Crippen molar-refractivity contribution in [2.75, 3.05) is 50.6 Å². The Morgan fingerprint density at radius 3 is 2.02 bits per heavy atom. The van der Waals surface area contributed by atoms with Gasteiger partial charge in [-0.25, -0.2) is 4.79 Å². The van der Waals surface area contributed by atoms with Crippen LogP contribution in [0.4, 0.5) is 16.2 Å². The number of nitrogens with zero attached hydrogens (tertiary/aromatic N) is 3. The third-order valence-corrected chi connectivity index (χ3v) is 11.9. The van der Waals surface area contributed by atoms with Crippen molar-refractivity contribution in [2.45, 2.75) is 115 Å². The summed E-state index contributed by atoms with van der Waals surface area (Å²) in [5.41, 5.74) is 0.406. The van der Waals surface area contributed by atoms with Crippen LogP contribution in [0.15, 0.2) is 47.1 Å². The normalized spacial score (nSPS) is 20.6. The molecular formula is C42H63N7O7. The van der Waals surface area contributed by atoms with E-state index in [0.717, 1.165) is 69.8 Å². The van der Waals surface area contributed by atoms with Crippen molar-refractivity contribution in [2.24, 2.45) is 17.8 Å². The van der Waals surface area contributed by atoms with Gasteiger partial charge in [-0.15, -0.1) is 13.2 Å². The van der Waals surface area contributed by atoms with Crippen molar-refractivity contribution in [3.63, 3.8) is 0 Å². The fourth-order valence-corrected chi connectivity index (χ4v) is 8.67. The van der Waals surface area contributed by atoms with Crippen LogP contribution < -0.4 is 41.9 Å². The van der Waals surface area contributed by atoms with Gasteiger partial charge in [-0.3, -0.25) is 28.8 Å². The highest BCUT2D eigenvalue weighted by molar-refractivity contribution is 6.38. The first kappa shape index (κ1) is 44.0. The number of carbonyl (C=O) groups excluding carboxylic acids is 5. The maximum atomic E-state index is 14.8. The van der Waals surface area contributed by atoms with E-state index in [9.17, 15) is 33.6 Å². The van der Waals surface area contributed by atoms with Gasteiger partial charge < -0.3 is 36.0 Å². The van der Waals surface area contributed by atoms with Crippen LogP contribution in [0.5, 0.6) is 0 Å². The zero-order valence-electron chi connectivity index (χ0n) is 33.8. The van der Waals surface area contributed by atoms with E-state index in [1.165, 1.54) is 11.0 Å². The standard InChI is InChI=1S/C42H63N7O7/c1-8-10-21-30(36(50)40(54)43-22-9-2)44-39(53)32-23-29(26(3)4)24-49(32)41(55)33(28-19-15-12-16-20-28)46-42(56)45-31(27-17-13-11-14-18-27)25-48(7)35-34(47(5)6)37(51)38(35)52/h8-9,27-33H,1-3,10-25H2,4-7H3,(H,43,54)(H,44,53)(H2,45,46,56)/t29-,30?,31-,32+,33+/m1/s1. The molecule has 0 spiro atoms. The number of hydrogen-bond donors (Lipinski definition) is 4. The van der Waals surface area contributed by atoms with Crippen LogP contribution in [0.1, 0.15) is 90.4 Å². The summed E-state index contributed by atoms with van der Waals surface area (Å²) in [6.07, 6.45) is 13.1. The summed E-state index contributed by atoms with van der Waals surface area (Å²) >= 11 is 0. The van der Waals surface area contributed by atoms with Crippen molar-refractivity contribution in [3.05, 3.63) is 57.9 Å². The first-order chi connectivity index (χ1) is 26.7. The average molecular weight is 778 g/mol. The van der Waals surface area contributed by atoms with Crippen molar-refractivity contribution in [1.29, 1.82) is 0 Å². The van der Waals surface area contributed by atoms with Gasteiger partial charge in [0, 0.05) is 40.8 Å². The molecule has 5 amide bonds. The Morgan fingerprint density at radius 1 is 0.839 bits per heavy atom. The summed E-state index contributed by atoms with van der Waals surface area (Å²) in [6.45, 7) is 13.8. The number of anilines is 2. The monoisotopic (exact) mass is 777 g/mol. The minimum absolute atomic E-state index is 0.0925. The number of rotatable bonds is 19. The van der Waals surface area contributed by atoms with E-state index in [1.807, 2.05) is 6.92 Å². The van der Waals surface area contributed by atoms with Crippen LogP contribution in [-0.2, 0) is 19.2 Å². The molecule has 1 saturated heterocycles. The van der Waals surface area contributed by atoms with Crippen molar-refractivity contribution in [3.8, 4) is 0 Å². The quantitative estimate of drug-likeness (QED) is 0.122. The zero-order chi connectivity index (χ0) is 41.1. The summed E-state index contributed by atoms with van der Waals surface area (Å²) in [5, 5.41) is 11.5. The summed E-state index contributed by atoms with van der Waals surface area (Å²) < 4.78 is 0. The molecule has 1 unspecified atom stereocenters. The molecule has 0 radical (unpaired) electrons. The van der Waals surface area contributed by atoms with E-state index in [0.29, 0.717) is 24.3 Å². The lowest BCUT2D eigenvalue weighted by molar-refractivity contribution is -0.143. The smallest absolute Gasteiger partial charge is 0.315 e. The summed E-state index contributed by atoms with van der Waals surface area (Å²) in [6, 6.07) is -3.88. The van der Waals surface area contributed by atoms with Crippen LogP contribution in [0.3, 0.4) is 0 Å². The van der Waals surface area contributed by atoms with Crippen molar-refractivity contribution < 1.29 is 24.0 Å². The molecule has 3 aliphatic rings. The highest BCUT2D eigenvalue weighted by Crippen LogP contribution is 2.33. The lowest BCUT2D eigenvalue weighted by atomic mass is 9.83. The largest absolute Gasteiger partial charge is 0.373 e. The number of amides is 5. The number of Topliss-reactive ketones (excluding diaryl/α,β-unsaturated/α-hetero) is 1. The highest BCUT2D eigenvalue weighted by Gasteiger charge is 2.45. The molecule has 4 N–H and O–H groups in total. The van der Waals surface area contributed by atoms with Gasteiger partial charge in [0.1, 0.15) is 23.5 Å². The predicted molar refractivity (Wildman–Crippen MR) is 219 cm³/mol. The molecule has 308 valence electrons. The van der Waals surface area contributed by atoms with Gasteiger partial charge in [0.2, 0.25) is 17.6 Å². The topological polar surface area (TPSA) is 177 Å². The predicted octanol–water partition coefficient (Wildman–Crippen LogP) is 3.10. The Balaban J connectivity index is 1.58. The SMILES string of the molecule is C=CCCC(NC(=O)[C@@H]1C[C@@H](C(=C)C)CN1C(=O)[C@@H](NC(=O)N[C@H](CN(C)c1c(N(C)C)c(=O)c1=O)C1CCCCC1)C1CCCCC1)C(=O)C(=O)NCC=C. The number of nitrogens with one attached hydrogen (secondary N) is 4. The number of likely N-dealkylation sites (tertiary alicyclic amines) is 1. The zero-order valence-corrected chi connectivity index (χ0v) is 33.8. The van der Waals surface area contributed by atoms with E-state index in [2.05, 4.69) is 41.0 Å². The first-order valence-electron chi connectivity index (χ1n) is 20.3. The molecule has 1 aromatic carbocycles. The summed E-state index contributed by atoms with van der Waals surface area (Å²) in [5.74, 6) is -2.79. The number of likely N-dealkylation sites (N-methyl/N-ethyl adjacent to an activating group) is 1. The Kier molecular flexibility index (Phi) is 16.0. The molecule has 56 heavy (non-hydrogen) atoms. The fraction of sp³-hybridized carbons (Fsp3) is 0.643. The molecular weight excluding hydrogens is 715 g/mol. The molecule has 4 rings (SSSR count). The van der Waals surface area contributed by atoms with Crippen LogP contribution in [0, 0.1) is 17.8 Å². The average Bonchev–Trinajstić information content (AvgIpc) is 3.65. The maximum absolute atomic E-state index is 14.8. The molecule has 1 aromatic rings. The van der Waals surface area contributed by atoms with Crippen LogP contribution in [-0.4, -0.2) is 99.4 Å². The molecule has 14 heteroatoms. The van der Waals surface area contributed by atoms with E-state index in [4.69, 9.17) is 0 Å². The van der Waals surface area contributed by atoms with E-state index < -0.39 is 52.6 Å². The molecule has 3 fully saturated rings. The summed E-state index contributed by atoms with van der Waals surface area (Å²) in [7, 11) is 5.20. The second kappa shape index (κ2) is 20.4. The van der Waals surface area contributed by atoms with Crippen molar-refractivity contribution >= 4 is 40.9 Å². The van der Waals surface area contributed by atoms with Gasteiger partial charge in [0.05, 0.1) is 12.1 Å². The minimum Gasteiger partial charge on any atom is -0.373 e. The minimum atomic E-state index is -1.13. The second-order valence-electron chi connectivity index (χ2n) is 16.2. The van der Waals surface area contributed by atoms with E-state index in [-0.39, 0.29) is 55.6 Å². The van der Waals surface area contributed by atoms with Gasteiger partial charge in [0.25, 0.3) is 16.8 Å². The lowest BCUT2D eigenvalue weighted by Crippen LogP contribution is -2.60. The Hall–Kier alpha value is -4.75. The molecule has 2 saturated carbocycles. The number of ketones is 1. The number of urea groups is 1. The fourth-order valence-electron chi connectivity index (χ4n) is 8.67. The number of allylic oxidation sites excluding steroid dienone is 1. The molecule has 1 aliphatic heterocycles. The molecule has 0 bridgehead atoms.